The summed E-state index contributed by atoms with van der Waals surface area (Å²) in [6, 6.07) is 0.616. The van der Waals surface area contributed by atoms with Crippen LogP contribution in [0.3, 0.4) is 0 Å². The number of rotatable bonds is 6. The Morgan fingerprint density at radius 1 is 1.40 bits per heavy atom. The fourth-order valence-corrected chi connectivity index (χ4v) is 2.15. The van der Waals surface area contributed by atoms with Crippen LogP contribution in [-0.2, 0) is 0 Å². The van der Waals surface area contributed by atoms with Gasteiger partial charge >= 0.3 is 0 Å². The summed E-state index contributed by atoms with van der Waals surface area (Å²) in [5.41, 5.74) is 0. The van der Waals surface area contributed by atoms with Gasteiger partial charge in [-0.2, -0.15) is 0 Å². The van der Waals surface area contributed by atoms with Gasteiger partial charge in [-0.15, -0.1) is 0 Å². The van der Waals surface area contributed by atoms with Gasteiger partial charge in [0.1, 0.15) is 0 Å². The van der Waals surface area contributed by atoms with Crippen molar-refractivity contribution in [2.45, 2.75) is 51.7 Å². The molecule has 2 unspecified atom stereocenters. The molecule has 1 rings (SSSR count). The first-order chi connectivity index (χ1) is 7.18. The predicted molar refractivity (Wildman–Crippen MR) is 64.0 cm³/mol. The minimum atomic E-state index is -0.186. The minimum Gasteiger partial charge on any atom is -0.392 e. The van der Waals surface area contributed by atoms with Crippen LogP contribution in [0.15, 0.2) is 0 Å². The maximum absolute atomic E-state index is 9.67. The van der Waals surface area contributed by atoms with Crippen LogP contribution in [0, 0.1) is 5.92 Å². The molecule has 3 nitrogen and oxygen atoms in total. The van der Waals surface area contributed by atoms with E-state index < -0.39 is 0 Å². The first-order valence-electron chi connectivity index (χ1n) is 6.30. The Kier molecular flexibility index (Phi) is 6.22. The monoisotopic (exact) mass is 214 g/mol. The molecule has 0 aromatic rings. The largest absolute Gasteiger partial charge is 0.392 e. The van der Waals surface area contributed by atoms with E-state index in [1.165, 1.54) is 19.3 Å². The summed E-state index contributed by atoms with van der Waals surface area (Å²) < 4.78 is 0. The fraction of sp³-hybridized carbons (Fsp3) is 1.00. The Hall–Kier alpha value is -0.120. The summed E-state index contributed by atoms with van der Waals surface area (Å²) in [5.74, 6) is 0.578. The Bertz CT molecular complexity index is 156. The van der Waals surface area contributed by atoms with Gasteiger partial charge in [-0.1, -0.05) is 20.3 Å². The van der Waals surface area contributed by atoms with E-state index in [4.69, 9.17) is 0 Å². The van der Waals surface area contributed by atoms with Gasteiger partial charge in [0.15, 0.2) is 0 Å². The number of aliphatic hydroxyl groups is 1. The average Bonchev–Trinajstić information content (AvgIpc) is 2.18. The smallest absolute Gasteiger partial charge is 0.0667 e. The van der Waals surface area contributed by atoms with Gasteiger partial charge in [0, 0.05) is 19.1 Å². The van der Waals surface area contributed by atoms with Crippen molar-refractivity contribution in [1.29, 1.82) is 0 Å². The molecule has 90 valence electrons. The Balaban J connectivity index is 1.99. The van der Waals surface area contributed by atoms with Gasteiger partial charge in [0.05, 0.1) is 6.10 Å². The van der Waals surface area contributed by atoms with E-state index >= 15 is 0 Å². The molecule has 0 spiro atoms. The summed E-state index contributed by atoms with van der Waals surface area (Å²) in [5, 5.41) is 16.5. The van der Waals surface area contributed by atoms with Crippen LogP contribution in [0.25, 0.3) is 0 Å². The fourth-order valence-electron chi connectivity index (χ4n) is 2.15. The van der Waals surface area contributed by atoms with E-state index in [1.54, 1.807) is 0 Å². The lowest BCUT2D eigenvalue weighted by atomic mass is 10.0. The lowest BCUT2D eigenvalue weighted by Crippen LogP contribution is -2.43. The molecule has 1 aliphatic rings. The molecule has 1 heterocycles. The van der Waals surface area contributed by atoms with Gasteiger partial charge in [0.25, 0.3) is 0 Å². The maximum atomic E-state index is 9.67. The Morgan fingerprint density at radius 2 is 2.20 bits per heavy atom. The lowest BCUT2D eigenvalue weighted by molar-refractivity contribution is 0.145. The molecule has 0 amide bonds. The molecule has 2 atom stereocenters. The zero-order valence-electron chi connectivity index (χ0n) is 10.1. The van der Waals surface area contributed by atoms with Crippen LogP contribution in [0.2, 0.25) is 0 Å². The van der Waals surface area contributed by atoms with Crippen LogP contribution in [0.1, 0.15) is 39.5 Å². The molecular formula is C12H26N2O. The van der Waals surface area contributed by atoms with Gasteiger partial charge in [-0.25, -0.2) is 0 Å². The number of piperidine rings is 1. The molecule has 0 aliphatic carbocycles. The number of aliphatic hydroxyl groups excluding tert-OH is 1. The van der Waals surface area contributed by atoms with Gasteiger partial charge in [-0.05, 0) is 31.7 Å². The minimum absolute atomic E-state index is 0.186. The topological polar surface area (TPSA) is 44.3 Å². The number of hydrogen-bond donors (Lipinski definition) is 3. The summed E-state index contributed by atoms with van der Waals surface area (Å²) in [6.07, 6.45) is 4.63. The first-order valence-corrected chi connectivity index (χ1v) is 6.30. The second-order valence-electron chi connectivity index (χ2n) is 5.09. The first kappa shape index (κ1) is 12.9. The third-order valence-electron chi connectivity index (χ3n) is 2.93. The van der Waals surface area contributed by atoms with Crippen LogP contribution < -0.4 is 10.6 Å². The van der Waals surface area contributed by atoms with Crippen molar-refractivity contribution in [2.24, 2.45) is 5.92 Å². The second kappa shape index (κ2) is 7.20. The van der Waals surface area contributed by atoms with Crippen molar-refractivity contribution in [3.05, 3.63) is 0 Å². The summed E-state index contributed by atoms with van der Waals surface area (Å²) in [6.45, 7) is 7.17. The predicted octanol–water partition coefficient (Wildman–Crippen LogP) is 1.13. The van der Waals surface area contributed by atoms with Gasteiger partial charge in [0.2, 0.25) is 0 Å². The third kappa shape index (κ3) is 6.13. The highest BCUT2D eigenvalue weighted by Crippen LogP contribution is 2.06. The molecular weight excluding hydrogens is 188 g/mol. The Labute approximate surface area is 93.6 Å². The average molecular weight is 214 g/mol. The van der Waals surface area contributed by atoms with Crippen LogP contribution >= 0.6 is 0 Å². The normalized spacial score (nSPS) is 24.4. The molecule has 0 bridgehead atoms. The molecule has 15 heavy (non-hydrogen) atoms. The molecule has 0 aromatic heterocycles. The number of hydrogen-bond acceptors (Lipinski definition) is 3. The molecule has 0 aromatic carbocycles. The van der Waals surface area contributed by atoms with Crippen molar-refractivity contribution in [3.8, 4) is 0 Å². The van der Waals surface area contributed by atoms with E-state index in [9.17, 15) is 5.11 Å². The summed E-state index contributed by atoms with van der Waals surface area (Å²) >= 11 is 0. The lowest BCUT2D eigenvalue weighted by Gasteiger charge is -2.24. The second-order valence-corrected chi connectivity index (χ2v) is 5.09. The van der Waals surface area contributed by atoms with E-state index in [0.717, 1.165) is 26.1 Å². The number of nitrogens with one attached hydrogen (secondary N) is 2. The molecule has 1 fully saturated rings. The molecule has 3 heteroatoms. The zero-order valence-corrected chi connectivity index (χ0v) is 10.1. The van der Waals surface area contributed by atoms with Crippen molar-refractivity contribution in [1.82, 2.24) is 10.6 Å². The highest BCUT2D eigenvalue weighted by Gasteiger charge is 2.12. The van der Waals surface area contributed by atoms with Crippen molar-refractivity contribution in [3.63, 3.8) is 0 Å². The van der Waals surface area contributed by atoms with Crippen molar-refractivity contribution < 1.29 is 5.11 Å². The molecule has 1 saturated heterocycles. The molecule has 0 saturated carbocycles. The quantitative estimate of drug-likeness (QED) is 0.621. The van der Waals surface area contributed by atoms with E-state index in [-0.39, 0.29) is 6.10 Å². The Morgan fingerprint density at radius 3 is 2.80 bits per heavy atom. The van der Waals surface area contributed by atoms with Gasteiger partial charge in [-0.3, -0.25) is 0 Å². The van der Waals surface area contributed by atoms with E-state index in [2.05, 4.69) is 24.5 Å². The standard InChI is InChI=1S/C12H26N2O/c1-10(2)7-12(15)9-13-8-11-5-3-4-6-14-11/h10-15H,3-9H2,1-2H3. The summed E-state index contributed by atoms with van der Waals surface area (Å²) in [7, 11) is 0. The van der Waals surface area contributed by atoms with Gasteiger partial charge < -0.3 is 15.7 Å². The zero-order chi connectivity index (χ0) is 11.1. The summed E-state index contributed by atoms with van der Waals surface area (Å²) in [4.78, 5) is 0. The van der Waals surface area contributed by atoms with E-state index in [1.807, 2.05) is 0 Å². The van der Waals surface area contributed by atoms with Crippen LogP contribution in [0.5, 0.6) is 0 Å². The van der Waals surface area contributed by atoms with Crippen molar-refractivity contribution in [2.75, 3.05) is 19.6 Å². The molecule has 0 radical (unpaired) electrons. The molecule has 3 N–H and O–H groups in total. The maximum Gasteiger partial charge on any atom is 0.0667 e. The third-order valence-corrected chi connectivity index (χ3v) is 2.93. The van der Waals surface area contributed by atoms with Crippen LogP contribution in [-0.4, -0.2) is 36.9 Å². The van der Waals surface area contributed by atoms with Crippen molar-refractivity contribution >= 4 is 0 Å². The SMILES string of the molecule is CC(C)CC(O)CNCC1CCCCN1. The highest BCUT2D eigenvalue weighted by molar-refractivity contribution is 4.75. The molecule has 1 aliphatic heterocycles. The van der Waals surface area contributed by atoms with E-state index in [0.29, 0.717) is 12.0 Å². The highest BCUT2D eigenvalue weighted by atomic mass is 16.3. The van der Waals surface area contributed by atoms with Crippen LogP contribution in [0.4, 0.5) is 0 Å².